The molecule has 1 amide bonds. The predicted molar refractivity (Wildman–Crippen MR) is 142 cm³/mol. The number of rotatable bonds is 10. The molecule has 5 aromatic rings. The molecule has 3 aromatic carbocycles. The molecule has 0 saturated heterocycles. The van der Waals surface area contributed by atoms with Gasteiger partial charge in [-0.25, -0.2) is 0 Å². The van der Waals surface area contributed by atoms with Crippen molar-refractivity contribution in [2.75, 3.05) is 18.2 Å². The summed E-state index contributed by atoms with van der Waals surface area (Å²) in [6.45, 7) is 0.439. The first-order valence-electron chi connectivity index (χ1n) is 11.5. The number of methoxy groups -OCH3 is 1. The number of furan rings is 1. The Bertz CT molecular complexity index is 1430. The minimum atomic E-state index is -0.153. The lowest BCUT2D eigenvalue weighted by Crippen LogP contribution is -2.14. The van der Waals surface area contributed by atoms with Crippen LogP contribution >= 0.6 is 11.8 Å². The van der Waals surface area contributed by atoms with Gasteiger partial charge >= 0.3 is 0 Å². The third-order valence-corrected chi connectivity index (χ3v) is 6.38. The first-order valence-corrected chi connectivity index (χ1v) is 12.5. The fourth-order valence-electron chi connectivity index (χ4n) is 3.61. The van der Waals surface area contributed by atoms with E-state index in [0.29, 0.717) is 29.0 Å². The summed E-state index contributed by atoms with van der Waals surface area (Å²) in [6, 6.07) is 28.1. The minimum absolute atomic E-state index is 0.153. The molecule has 0 aliphatic heterocycles. The summed E-state index contributed by atoms with van der Waals surface area (Å²) in [7, 11) is 1.63. The van der Waals surface area contributed by atoms with Crippen molar-refractivity contribution in [1.82, 2.24) is 14.8 Å². The van der Waals surface area contributed by atoms with Crippen molar-refractivity contribution < 1.29 is 18.7 Å². The van der Waals surface area contributed by atoms with Gasteiger partial charge in [-0.3, -0.25) is 9.36 Å². The van der Waals surface area contributed by atoms with Gasteiger partial charge in [0.1, 0.15) is 23.0 Å². The van der Waals surface area contributed by atoms with E-state index in [4.69, 9.17) is 13.9 Å². The number of ether oxygens (including phenoxy) is 2. The second-order valence-electron chi connectivity index (χ2n) is 7.98. The zero-order valence-corrected chi connectivity index (χ0v) is 20.9. The van der Waals surface area contributed by atoms with Crippen LogP contribution < -0.4 is 14.8 Å². The quantitative estimate of drug-likeness (QED) is 0.226. The Morgan fingerprint density at radius 2 is 1.62 bits per heavy atom. The largest absolute Gasteiger partial charge is 0.497 e. The van der Waals surface area contributed by atoms with Crippen molar-refractivity contribution in [2.45, 2.75) is 11.7 Å². The number of benzene rings is 3. The number of nitrogens with one attached hydrogen (secondary N) is 1. The van der Waals surface area contributed by atoms with Crippen LogP contribution in [0.2, 0.25) is 0 Å². The van der Waals surface area contributed by atoms with Crippen LogP contribution in [0.15, 0.2) is 107 Å². The molecule has 0 spiro atoms. The van der Waals surface area contributed by atoms with Crippen molar-refractivity contribution in [2.24, 2.45) is 0 Å². The molecular formula is C28H24N4O4S. The SMILES string of the molecule is COc1ccc(-c2nnc(SCC(=O)Nc3ccc(Oc4ccccc4)cc3)n2Cc2ccco2)cc1. The molecule has 8 nitrogen and oxygen atoms in total. The molecule has 0 fully saturated rings. The monoisotopic (exact) mass is 512 g/mol. The first kappa shape index (κ1) is 24.2. The predicted octanol–water partition coefficient (Wildman–Crippen LogP) is 6.12. The molecule has 9 heteroatoms. The lowest BCUT2D eigenvalue weighted by molar-refractivity contribution is -0.113. The molecule has 2 heterocycles. The normalized spacial score (nSPS) is 10.7. The lowest BCUT2D eigenvalue weighted by Gasteiger charge is -2.10. The Morgan fingerprint density at radius 3 is 2.32 bits per heavy atom. The number of anilines is 1. The van der Waals surface area contributed by atoms with E-state index >= 15 is 0 Å². The van der Waals surface area contributed by atoms with Crippen LogP contribution in [0.3, 0.4) is 0 Å². The van der Waals surface area contributed by atoms with Crippen molar-refractivity contribution in [3.05, 3.63) is 103 Å². The number of nitrogens with zero attached hydrogens (tertiary/aromatic N) is 3. The van der Waals surface area contributed by atoms with Gasteiger partial charge in [0.25, 0.3) is 0 Å². The molecule has 5 rings (SSSR count). The smallest absolute Gasteiger partial charge is 0.234 e. The number of hydrogen-bond donors (Lipinski definition) is 1. The van der Waals surface area contributed by atoms with Gasteiger partial charge in [-0.15, -0.1) is 10.2 Å². The van der Waals surface area contributed by atoms with E-state index in [-0.39, 0.29) is 11.7 Å². The molecule has 37 heavy (non-hydrogen) atoms. The highest BCUT2D eigenvalue weighted by molar-refractivity contribution is 7.99. The Balaban J connectivity index is 1.25. The van der Waals surface area contributed by atoms with E-state index in [2.05, 4.69) is 15.5 Å². The molecule has 2 aromatic heterocycles. The van der Waals surface area contributed by atoms with Crippen LogP contribution in [0.4, 0.5) is 5.69 Å². The molecule has 0 aliphatic rings. The lowest BCUT2D eigenvalue weighted by atomic mass is 10.2. The van der Waals surface area contributed by atoms with Gasteiger partial charge in [-0.1, -0.05) is 30.0 Å². The van der Waals surface area contributed by atoms with Crippen LogP contribution in [0.1, 0.15) is 5.76 Å². The Hall–Kier alpha value is -4.50. The van der Waals surface area contributed by atoms with Crippen molar-refractivity contribution in [3.63, 3.8) is 0 Å². The van der Waals surface area contributed by atoms with Crippen LogP contribution in [0.25, 0.3) is 11.4 Å². The van der Waals surface area contributed by atoms with Crippen LogP contribution in [0, 0.1) is 0 Å². The van der Waals surface area contributed by atoms with Crippen LogP contribution in [-0.4, -0.2) is 33.5 Å². The average molecular weight is 513 g/mol. The van der Waals surface area contributed by atoms with Crippen LogP contribution in [-0.2, 0) is 11.3 Å². The average Bonchev–Trinajstić information content (AvgIpc) is 3.60. The number of amides is 1. The first-order chi connectivity index (χ1) is 18.2. The van der Waals surface area contributed by atoms with Crippen molar-refractivity contribution >= 4 is 23.4 Å². The molecule has 186 valence electrons. The summed E-state index contributed by atoms with van der Waals surface area (Å²) < 4.78 is 18.5. The second-order valence-corrected chi connectivity index (χ2v) is 8.92. The maximum atomic E-state index is 12.7. The summed E-state index contributed by atoms with van der Waals surface area (Å²) in [5, 5.41) is 12.3. The molecule has 0 unspecified atom stereocenters. The Labute approximate surface area is 218 Å². The third-order valence-electron chi connectivity index (χ3n) is 5.41. The van der Waals surface area contributed by atoms with Gasteiger partial charge in [-0.05, 0) is 72.8 Å². The Kier molecular flexibility index (Phi) is 7.52. The summed E-state index contributed by atoms with van der Waals surface area (Å²) in [5.74, 6) is 3.65. The molecule has 0 atom stereocenters. The maximum Gasteiger partial charge on any atom is 0.234 e. The van der Waals surface area contributed by atoms with Gasteiger partial charge in [0.15, 0.2) is 11.0 Å². The summed E-state index contributed by atoms with van der Waals surface area (Å²) in [6.07, 6.45) is 1.63. The maximum absolute atomic E-state index is 12.7. The Morgan fingerprint density at radius 1 is 0.892 bits per heavy atom. The van der Waals surface area contributed by atoms with E-state index < -0.39 is 0 Å². The second kappa shape index (κ2) is 11.5. The van der Waals surface area contributed by atoms with E-state index in [0.717, 1.165) is 22.8 Å². The fraction of sp³-hybridized carbons (Fsp3) is 0.107. The molecule has 0 radical (unpaired) electrons. The van der Waals surface area contributed by atoms with Crippen LogP contribution in [0.5, 0.6) is 17.2 Å². The van der Waals surface area contributed by atoms with E-state index in [9.17, 15) is 4.79 Å². The number of carbonyl (C=O) groups is 1. The number of aromatic nitrogens is 3. The van der Waals surface area contributed by atoms with E-state index in [1.165, 1.54) is 11.8 Å². The van der Waals surface area contributed by atoms with Crippen molar-refractivity contribution in [1.29, 1.82) is 0 Å². The van der Waals surface area contributed by atoms with E-state index in [1.54, 1.807) is 13.4 Å². The topological polar surface area (TPSA) is 91.4 Å². The summed E-state index contributed by atoms with van der Waals surface area (Å²) in [5.41, 5.74) is 1.57. The highest BCUT2D eigenvalue weighted by Gasteiger charge is 2.17. The van der Waals surface area contributed by atoms with Gasteiger partial charge in [0, 0.05) is 11.3 Å². The molecule has 0 bridgehead atoms. The number of thioether (sulfide) groups is 1. The summed E-state index contributed by atoms with van der Waals surface area (Å²) in [4.78, 5) is 12.7. The molecule has 0 aliphatic carbocycles. The highest BCUT2D eigenvalue weighted by atomic mass is 32.2. The van der Waals surface area contributed by atoms with Gasteiger partial charge < -0.3 is 19.2 Å². The molecule has 0 saturated carbocycles. The fourth-order valence-corrected chi connectivity index (χ4v) is 4.35. The van der Waals surface area contributed by atoms with Gasteiger partial charge in [-0.2, -0.15) is 0 Å². The zero-order chi connectivity index (χ0) is 25.5. The zero-order valence-electron chi connectivity index (χ0n) is 20.0. The summed E-state index contributed by atoms with van der Waals surface area (Å²) >= 11 is 1.31. The minimum Gasteiger partial charge on any atom is -0.497 e. The van der Waals surface area contributed by atoms with Crippen molar-refractivity contribution in [3.8, 4) is 28.6 Å². The van der Waals surface area contributed by atoms with Gasteiger partial charge in [0.05, 0.1) is 25.7 Å². The third kappa shape index (κ3) is 6.20. The number of carbonyl (C=O) groups excluding carboxylic acids is 1. The highest BCUT2D eigenvalue weighted by Crippen LogP contribution is 2.27. The van der Waals surface area contributed by atoms with E-state index in [1.807, 2.05) is 95.6 Å². The standard InChI is InChI=1S/C28H24N4O4S/c1-34-22-13-9-20(10-14-22)27-30-31-28(32(27)18-25-8-5-17-35-25)37-19-26(33)29-21-11-15-24(16-12-21)36-23-6-3-2-4-7-23/h2-17H,18-19H2,1H3,(H,29,33). The molecule has 1 N–H and O–H groups in total. The van der Waals surface area contributed by atoms with Gasteiger partial charge in [0.2, 0.25) is 5.91 Å². The molecular weight excluding hydrogens is 488 g/mol. The number of para-hydroxylation sites is 1. The number of hydrogen-bond acceptors (Lipinski definition) is 7.